The second-order valence-electron chi connectivity index (χ2n) is 4.92. The summed E-state index contributed by atoms with van der Waals surface area (Å²) in [6.07, 6.45) is 0. The zero-order valence-corrected chi connectivity index (χ0v) is 14.9. The van der Waals surface area contributed by atoms with Crippen LogP contribution in [0.4, 0.5) is 10.8 Å². The molecule has 122 valence electrons. The van der Waals surface area contributed by atoms with E-state index in [4.69, 9.17) is 4.74 Å². The molecule has 0 bridgehead atoms. The summed E-state index contributed by atoms with van der Waals surface area (Å²) in [7, 11) is 1.60. The van der Waals surface area contributed by atoms with Crippen molar-refractivity contribution in [3.63, 3.8) is 0 Å². The molecule has 2 rings (SSSR count). The first kappa shape index (κ1) is 17.4. The number of aromatic nitrogens is 2. The lowest BCUT2D eigenvalue weighted by molar-refractivity contribution is -0.123. The highest BCUT2D eigenvalue weighted by Gasteiger charge is 2.23. The molecule has 0 aliphatic carbocycles. The van der Waals surface area contributed by atoms with Gasteiger partial charge in [0.25, 0.3) is 0 Å². The van der Waals surface area contributed by atoms with E-state index >= 15 is 0 Å². The number of ketones is 2. The Morgan fingerprint density at radius 1 is 1.26 bits per heavy atom. The lowest BCUT2D eigenvalue weighted by Crippen LogP contribution is -2.21. The van der Waals surface area contributed by atoms with Crippen molar-refractivity contribution in [1.82, 2.24) is 10.2 Å². The predicted octanol–water partition coefficient (Wildman–Crippen LogP) is 3.24. The van der Waals surface area contributed by atoms with Crippen LogP contribution in [-0.2, 0) is 9.59 Å². The summed E-state index contributed by atoms with van der Waals surface area (Å²) in [6, 6.07) is 5.77. The van der Waals surface area contributed by atoms with Crippen LogP contribution < -0.4 is 10.1 Å². The number of Topliss-reactive ketones (excluding diaryl/α,β-unsaturated/α-hetero) is 2. The van der Waals surface area contributed by atoms with E-state index in [0.29, 0.717) is 15.2 Å². The van der Waals surface area contributed by atoms with Crippen LogP contribution in [0.3, 0.4) is 0 Å². The summed E-state index contributed by atoms with van der Waals surface area (Å²) < 4.78 is 5.87. The molecule has 0 atom stereocenters. The number of ether oxygens (including phenoxy) is 1. The van der Waals surface area contributed by atoms with Crippen molar-refractivity contribution in [1.29, 1.82) is 0 Å². The Morgan fingerprint density at radius 3 is 2.57 bits per heavy atom. The average molecular weight is 351 g/mol. The van der Waals surface area contributed by atoms with Gasteiger partial charge >= 0.3 is 0 Å². The zero-order valence-electron chi connectivity index (χ0n) is 13.2. The highest BCUT2D eigenvalue weighted by atomic mass is 32.2. The maximum absolute atomic E-state index is 11.5. The van der Waals surface area contributed by atoms with E-state index in [1.165, 1.54) is 25.2 Å². The van der Waals surface area contributed by atoms with Crippen molar-refractivity contribution in [2.45, 2.75) is 30.4 Å². The van der Waals surface area contributed by atoms with E-state index in [9.17, 15) is 9.59 Å². The van der Waals surface area contributed by atoms with Gasteiger partial charge in [-0.15, -0.1) is 10.2 Å². The summed E-state index contributed by atoms with van der Waals surface area (Å²) in [6.45, 7) is 4.78. The Balaban J connectivity index is 2.15. The minimum absolute atomic E-state index is 0.187. The van der Waals surface area contributed by atoms with Crippen molar-refractivity contribution in [3.05, 3.63) is 23.8 Å². The Hall–Kier alpha value is -1.93. The van der Waals surface area contributed by atoms with Crippen molar-refractivity contribution >= 4 is 45.5 Å². The monoisotopic (exact) mass is 351 g/mol. The molecule has 8 heteroatoms. The molecule has 1 N–H and O–H groups in total. The number of nitrogens with one attached hydrogen (secondary N) is 1. The fraction of sp³-hybridized carbons (Fsp3) is 0.333. The molecule has 0 saturated carbocycles. The van der Waals surface area contributed by atoms with Gasteiger partial charge in [0, 0.05) is 0 Å². The fourth-order valence-corrected chi connectivity index (χ4v) is 3.72. The highest BCUT2D eigenvalue weighted by Crippen LogP contribution is 2.33. The summed E-state index contributed by atoms with van der Waals surface area (Å²) >= 11 is 2.41. The predicted molar refractivity (Wildman–Crippen MR) is 91.9 cm³/mol. The number of rotatable bonds is 7. The van der Waals surface area contributed by atoms with E-state index in [-0.39, 0.29) is 11.6 Å². The molecule has 1 heterocycles. The van der Waals surface area contributed by atoms with Crippen LogP contribution in [0.5, 0.6) is 5.75 Å². The molecule has 0 spiro atoms. The summed E-state index contributed by atoms with van der Waals surface area (Å²) in [5.41, 5.74) is 1.87. The summed E-state index contributed by atoms with van der Waals surface area (Å²) in [4.78, 5) is 23.0. The van der Waals surface area contributed by atoms with E-state index in [2.05, 4.69) is 15.5 Å². The number of benzene rings is 1. The second kappa shape index (κ2) is 7.56. The molecule has 0 fully saturated rings. The minimum atomic E-state index is -0.732. The van der Waals surface area contributed by atoms with E-state index in [0.717, 1.165) is 23.0 Å². The van der Waals surface area contributed by atoms with Crippen molar-refractivity contribution in [2.75, 3.05) is 12.4 Å². The Kier molecular flexibility index (Phi) is 5.73. The molecule has 0 aliphatic rings. The normalized spacial score (nSPS) is 10.7. The van der Waals surface area contributed by atoms with Crippen LogP contribution in [0, 0.1) is 6.92 Å². The Morgan fingerprint density at radius 2 is 1.96 bits per heavy atom. The number of anilines is 2. The van der Waals surface area contributed by atoms with Gasteiger partial charge in [0.2, 0.25) is 5.13 Å². The van der Waals surface area contributed by atoms with Crippen LogP contribution in [-0.4, -0.2) is 34.1 Å². The topological polar surface area (TPSA) is 81.2 Å². The molecular weight excluding hydrogens is 334 g/mol. The third-order valence-corrected chi connectivity index (χ3v) is 5.32. The van der Waals surface area contributed by atoms with Gasteiger partial charge in [0.15, 0.2) is 15.9 Å². The first-order valence-electron chi connectivity index (χ1n) is 6.83. The largest absolute Gasteiger partial charge is 0.495 e. The standard InChI is InChI=1S/C15H17N3O3S2/c1-8-5-6-12(21-4)11(7-8)16-14-17-18-15(23-14)22-13(9(2)19)10(3)20/h5-7,13H,1-4H3,(H,16,17). The number of carbonyl (C=O) groups is 2. The van der Waals surface area contributed by atoms with Gasteiger partial charge in [0.05, 0.1) is 12.8 Å². The first-order chi connectivity index (χ1) is 10.9. The quantitative estimate of drug-likeness (QED) is 0.606. The van der Waals surface area contributed by atoms with Crippen molar-refractivity contribution in [2.24, 2.45) is 0 Å². The molecule has 23 heavy (non-hydrogen) atoms. The molecule has 0 radical (unpaired) electrons. The third kappa shape index (κ3) is 4.52. The number of aryl methyl sites for hydroxylation is 1. The molecule has 0 saturated heterocycles. The third-order valence-electron chi connectivity index (χ3n) is 2.96. The van der Waals surface area contributed by atoms with Gasteiger partial charge in [-0.05, 0) is 38.5 Å². The highest BCUT2D eigenvalue weighted by molar-refractivity contribution is 8.03. The van der Waals surface area contributed by atoms with Crippen LogP contribution in [0.1, 0.15) is 19.4 Å². The Labute approximate surface area is 142 Å². The van der Waals surface area contributed by atoms with Crippen molar-refractivity contribution < 1.29 is 14.3 Å². The summed E-state index contributed by atoms with van der Waals surface area (Å²) in [5.74, 6) is 0.325. The van der Waals surface area contributed by atoms with Crippen molar-refractivity contribution in [3.8, 4) is 5.75 Å². The van der Waals surface area contributed by atoms with E-state index < -0.39 is 5.25 Å². The lowest BCUT2D eigenvalue weighted by Gasteiger charge is -2.09. The number of nitrogens with zero attached hydrogens (tertiary/aromatic N) is 2. The van der Waals surface area contributed by atoms with Gasteiger partial charge in [-0.2, -0.15) is 0 Å². The van der Waals surface area contributed by atoms with Crippen LogP contribution in [0.15, 0.2) is 22.5 Å². The van der Waals surface area contributed by atoms with Gasteiger partial charge in [-0.25, -0.2) is 0 Å². The molecular formula is C15H17N3O3S2. The van der Waals surface area contributed by atoms with Gasteiger partial charge in [-0.3, -0.25) is 9.59 Å². The summed E-state index contributed by atoms with van der Waals surface area (Å²) in [5, 5.41) is 11.1. The maximum atomic E-state index is 11.5. The molecule has 1 aromatic carbocycles. The molecule has 0 aliphatic heterocycles. The molecule has 6 nitrogen and oxygen atoms in total. The average Bonchev–Trinajstić information content (AvgIpc) is 2.91. The smallest absolute Gasteiger partial charge is 0.210 e. The number of hydrogen-bond acceptors (Lipinski definition) is 8. The van der Waals surface area contributed by atoms with Gasteiger partial charge < -0.3 is 10.1 Å². The first-order valence-corrected chi connectivity index (χ1v) is 8.53. The lowest BCUT2D eigenvalue weighted by atomic mass is 10.2. The van der Waals surface area contributed by atoms with E-state index in [1.54, 1.807) is 7.11 Å². The number of carbonyl (C=O) groups excluding carboxylic acids is 2. The number of hydrogen-bond donors (Lipinski definition) is 1. The van der Waals surface area contributed by atoms with Crippen LogP contribution in [0.2, 0.25) is 0 Å². The van der Waals surface area contributed by atoms with Gasteiger partial charge in [0.1, 0.15) is 11.0 Å². The number of methoxy groups -OCH3 is 1. The van der Waals surface area contributed by atoms with E-state index in [1.807, 2.05) is 25.1 Å². The molecule has 2 aromatic rings. The van der Waals surface area contributed by atoms with Gasteiger partial charge in [-0.1, -0.05) is 29.2 Å². The number of thioether (sulfide) groups is 1. The molecule has 0 amide bonds. The van der Waals surface area contributed by atoms with Crippen LogP contribution >= 0.6 is 23.1 Å². The molecule has 1 aromatic heterocycles. The fourth-order valence-electron chi connectivity index (χ4n) is 1.90. The maximum Gasteiger partial charge on any atom is 0.210 e. The SMILES string of the molecule is COc1ccc(C)cc1Nc1nnc(SC(C(C)=O)C(C)=O)s1. The minimum Gasteiger partial charge on any atom is -0.495 e. The second-order valence-corrected chi connectivity index (χ2v) is 7.25. The zero-order chi connectivity index (χ0) is 17.0. The van der Waals surface area contributed by atoms with Crippen LogP contribution in [0.25, 0.3) is 0 Å². The molecule has 0 unspecified atom stereocenters. The Bertz CT molecular complexity index is 717.